The lowest BCUT2D eigenvalue weighted by Gasteiger charge is -2.02. The highest BCUT2D eigenvalue weighted by atomic mass is 16.1. The van der Waals surface area contributed by atoms with Gasteiger partial charge >= 0.3 is 0 Å². The van der Waals surface area contributed by atoms with Crippen molar-refractivity contribution in [3.05, 3.63) is 35.9 Å². The van der Waals surface area contributed by atoms with Gasteiger partial charge in [-0.3, -0.25) is 4.79 Å². The van der Waals surface area contributed by atoms with Gasteiger partial charge in [-0.05, 0) is 0 Å². The first kappa shape index (κ1) is 8.65. The standard InChI is InChI=1S/C10H11NO/c1-8(7-11)10(12)9-5-3-2-4-6-9/h2-8,11H,1H3/t8-/m1/s1. The number of carbonyl (C=O) groups excluding carboxylic acids is 1. The third kappa shape index (κ3) is 1.78. The summed E-state index contributed by atoms with van der Waals surface area (Å²) in [5, 5.41) is 6.94. The van der Waals surface area contributed by atoms with Crippen LogP contribution in [0.2, 0.25) is 0 Å². The molecule has 0 bridgehead atoms. The zero-order valence-corrected chi connectivity index (χ0v) is 6.95. The predicted octanol–water partition coefficient (Wildman–Crippen LogP) is 2.15. The Morgan fingerprint density at radius 2 is 2.00 bits per heavy atom. The van der Waals surface area contributed by atoms with Crippen molar-refractivity contribution in [3.63, 3.8) is 0 Å². The van der Waals surface area contributed by atoms with Crippen molar-refractivity contribution in [1.82, 2.24) is 0 Å². The van der Waals surface area contributed by atoms with Gasteiger partial charge in [0, 0.05) is 11.8 Å². The van der Waals surface area contributed by atoms with Crippen molar-refractivity contribution in [3.8, 4) is 0 Å². The van der Waals surface area contributed by atoms with Gasteiger partial charge in [0.25, 0.3) is 0 Å². The Kier molecular flexibility index (Phi) is 2.75. The van der Waals surface area contributed by atoms with Gasteiger partial charge in [-0.25, -0.2) is 0 Å². The molecule has 0 heterocycles. The van der Waals surface area contributed by atoms with Crippen molar-refractivity contribution < 1.29 is 4.79 Å². The molecule has 62 valence electrons. The molecule has 1 N–H and O–H groups in total. The summed E-state index contributed by atoms with van der Waals surface area (Å²) in [5.74, 6) is -0.307. The molecule has 0 amide bonds. The van der Waals surface area contributed by atoms with E-state index in [2.05, 4.69) is 0 Å². The molecule has 0 saturated heterocycles. The average Bonchev–Trinajstić information content (AvgIpc) is 2.17. The Labute approximate surface area is 71.7 Å². The van der Waals surface area contributed by atoms with E-state index in [9.17, 15) is 4.79 Å². The lowest BCUT2D eigenvalue weighted by atomic mass is 10.0. The fourth-order valence-corrected chi connectivity index (χ4v) is 0.941. The second kappa shape index (κ2) is 3.81. The third-order valence-electron chi connectivity index (χ3n) is 1.72. The number of ketones is 1. The van der Waals surface area contributed by atoms with Crippen LogP contribution in [0.15, 0.2) is 30.3 Å². The minimum atomic E-state index is -0.313. The van der Waals surface area contributed by atoms with Crippen LogP contribution in [0.25, 0.3) is 0 Å². The maximum Gasteiger partial charge on any atom is 0.170 e. The van der Waals surface area contributed by atoms with E-state index >= 15 is 0 Å². The lowest BCUT2D eigenvalue weighted by molar-refractivity contribution is 0.0963. The quantitative estimate of drug-likeness (QED) is 0.535. The molecule has 0 spiro atoms. The SMILES string of the molecule is C[C@H](C=N)C(=O)c1ccccc1. The van der Waals surface area contributed by atoms with Crippen LogP contribution in [0.5, 0.6) is 0 Å². The predicted molar refractivity (Wildman–Crippen MR) is 48.7 cm³/mol. The fourth-order valence-electron chi connectivity index (χ4n) is 0.941. The minimum Gasteiger partial charge on any atom is -0.312 e. The van der Waals surface area contributed by atoms with Gasteiger partial charge in [-0.15, -0.1) is 0 Å². The van der Waals surface area contributed by atoms with Crippen LogP contribution in [-0.4, -0.2) is 12.0 Å². The summed E-state index contributed by atoms with van der Waals surface area (Å²) in [4.78, 5) is 11.4. The van der Waals surface area contributed by atoms with Crippen molar-refractivity contribution in [2.24, 2.45) is 5.92 Å². The summed E-state index contributed by atoms with van der Waals surface area (Å²) in [6, 6.07) is 9.05. The normalized spacial score (nSPS) is 12.1. The van der Waals surface area contributed by atoms with Crippen LogP contribution >= 0.6 is 0 Å². The highest BCUT2D eigenvalue weighted by Crippen LogP contribution is 2.05. The number of carbonyl (C=O) groups is 1. The minimum absolute atomic E-state index is 0.00519. The van der Waals surface area contributed by atoms with Crippen LogP contribution in [-0.2, 0) is 0 Å². The maximum atomic E-state index is 11.4. The third-order valence-corrected chi connectivity index (χ3v) is 1.72. The van der Waals surface area contributed by atoms with Gasteiger partial charge in [-0.1, -0.05) is 37.3 Å². The van der Waals surface area contributed by atoms with Crippen LogP contribution < -0.4 is 0 Å². The highest BCUT2D eigenvalue weighted by molar-refractivity contribution is 6.05. The Morgan fingerprint density at radius 3 is 2.50 bits per heavy atom. The second-order valence-electron chi connectivity index (χ2n) is 2.69. The molecule has 0 aromatic heterocycles. The molecule has 0 radical (unpaired) electrons. The number of hydrogen-bond donors (Lipinski definition) is 1. The summed E-state index contributed by atoms with van der Waals surface area (Å²) in [5.41, 5.74) is 0.675. The number of Topliss-reactive ketones (excluding diaryl/α,β-unsaturated/α-hetero) is 1. The van der Waals surface area contributed by atoms with E-state index in [1.165, 1.54) is 0 Å². The maximum absolute atomic E-state index is 11.4. The van der Waals surface area contributed by atoms with E-state index in [1.807, 2.05) is 18.2 Å². The number of hydrogen-bond acceptors (Lipinski definition) is 2. The van der Waals surface area contributed by atoms with E-state index in [4.69, 9.17) is 5.41 Å². The zero-order chi connectivity index (χ0) is 8.97. The van der Waals surface area contributed by atoms with E-state index in [0.717, 1.165) is 6.21 Å². The molecule has 0 unspecified atom stereocenters. The molecule has 1 rings (SSSR count). The molecule has 0 fully saturated rings. The first-order valence-electron chi connectivity index (χ1n) is 3.85. The van der Waals surface area contributed by atoms with Gasteiger partial charge in [0.1, 0.15) is 0 Å². The number of benzene rings is 1. The molecule has 0 aliphatic carbocycles. The molecule has 2 nitrogen and oxygen atoms in total. The lowest BCUT2D eigenvalue weighted by Crippen LogP contribution is -2.11. The molecule has 0 aliphatic heterocycles. The van der Waals surface area contributed by atoms with Gasteiger partial charge in [-0.2, -0.15) is 0 Å². The van der Waals surface area contributed by atoms with Crippen LogP contribution in [0.1, 0.15) is 17.3 Å². The monoisotopic (exact) mass is 161 g/mol. The van der Waals surface area contributed by atoms with Crippen LogP contribution in [0.4, 0.5) is 0 Å². The first-order valence-corrected chi connectivity index (χ1v) is 3.85. The van der Waals surface area contributed by atoms with Crippen LogP contribution in [0, 0.1) is 11.3 Å². The van der Waals surface area contributed by atoms with Gasteiger partial charge < -0.3 is 5.41 Å². The molecule has 1 aromatic rings. The van der Waals surface area contributed by atoms with E-state index in [0.29, 0.717) is 5.56 Å². The molecule has 2 heteroatoms. The molecule has 1 aromatic carbocycles. The number of nitrogens with one attached hydrogen (secondary N) is 1. The van der Waals surface area contributed by atoms with Crippen LogP contribution in [0.3, 0.4) is 0 Å². The summed E-state index contributed by atoms with van der Waals surface area (Å²) >= 11 is 0. The Hall–Kier alpha value is -1.44. The Bertz CT molecular complexity index is 279. The average molecular weight is 161 g/mol. The highest BCUT2D eigenvalue weighted by Gasteiger charge is 2.10. The summed E-state index contributed by atoms with van der Waals surface area (Å²) in [6.07, 6.45) is 1.16. The first-order chi connectivity index (χ1) is 5.75. The zero-order valence-electron chi connectivity index (χ0n) is 6.95. The summed E-state index contributed by atoms with van der Waals surface area (Å²) in [7, 11) is 0. The smallest absolute Gasteiger partial charge is 0.170 e. The van der Waals surface area contributed by atoms with Crippen molar-refractivity contribution in [2.45, 2.75) is 6.92 Å². The molecule has 0 saturated carbocycles. The van der Waals surface area contributed by atoms with E-state index in [1.54, 1.807) is 19.1 Å². The largest absolute Gasteiger partial charge is 0.312 e. The fraction of sp³-hybridized carbons (Fsp3) is 0.200. The molecule has 1 atom stereocenters. The van der Waals surface area contributed by atoms with Gasteiger partial charge in [0.05, 0.1) is 5.92 Å². The van der Waals surface area contributed by atoms with Gasteiger partial charge in [0.2, 0.25) is 0 Å². The molecular formula is C10H11NO. The van der Waals surface area contributed by atoms with E-state index in [-0.39, 0.29) is 11.7 Å². The van der Waals surface area contributed by atoms with Crippen molar-refractivity contribution in [2.75, 3.05) is 0 Å². The topological polar surface area (TPSA) is 40.9 Å². The summed E-state index contributed by atoms with van der Waals surface area (Å²) in [6.45, 7) is 1.72. The molecule has 12 heavy (non-hydrogen) atoms. The van der Waals surface area contributed by atoms with Crippen molar-refractivity contribution in [1.29, 1.82) is 5.41 Å². The molecular weight excluding hydrogens is 150 g/mol. The Balaban J connectivity index is 2.85. The molecule has 0 aliphatic rings. The van der Waals surface area contributed by atoms with Gasteiger partial charge in [0.15, 0.2) is 5.78 Å². The second-order valence-corrected chi connectivity index (χ2v) is 2.69. The number of rotatable bonds is 3. The van der Waals surface area contributed by atoms with Crippen molar-refractivity contribution >= 4 is 12.0 Å². The summed E-state index contributed by atoms with van der Waals surface area (Å²) < 4.78 is 0. The van der Waals surface area contributed by atoms with E-state index < -0.39 is 0 Å². The Morgan fingerprint density at radius 1 is 1.42 bits per heavy atom.